The van der Waals surface area contributed by atoms with Crippen molar-refractivity contribution in [1.29, 1.82) is 5.26 Å². The summed E-state index contributed by atoms with van der Waals surface area (Å²) < 4.78 is 6.05. The van der Waals surface area contributed by atoms with Crippen LogP contribution in [0.2, 0.25) is 0 Å². The SMILES string of the molecule is CSc1ccc(/C=C2\CN(C(C)=O)CC3=C2OC(N)=C(C#N)C3c2ccc(SC)cc2)cc1. The normalized spacial score (nSPS) is 19.3. The summed E-state index contributed by atoms with van der Waals surface area (Å²) in [5, 5.41) is 9.92. The molecule has 1 unspecified atom stereocenters. The zero-order valence-corrected chi connectivity index (χ0v) is 20.4. The highest BCUT2D eigenvalue weighted by Crippen LogP contribution is 2.44. The lowest BCUT2D eigenvalue weighted by Gasteiger charge is -2.38. The van der Waals surface area contributed by atoms with Crippen molar-refractivity contribution in [3.05, 3.63) is 88.0 Å². The Balaban J connectivity index is 1.85. The number of allylic oxidation sites excluding steroid dienone is 1. The van der Waals surface area contributed by atoms with Crippen LogP contribution in [-0.4, -0.2) is 36.4 Å². The number of hydrogen-bond acceptors (Lipinski definition) is 6. The van der Waals surface area contributed by atoms with Crippen LogP contribution >= 0.6 is 23.5 Å². The Morgan fingerprint density at radius 3 is 2.24 bits per heavy atom. The van der Waals surface area contributed by atoms with E-state index in [0.717, 1.165) is 27.2 Å². The maximum Gasteiger partial charge on any atom is 0.220 e. The second-order valence-corrected chi connectivity index (χ2v) is 9.63. The molecule has 2 aliphatic heterocycles. The summed E-state index contributed by atoms with van der Waals surface area (Å²) in [5.41, 5.74) is 10.3. The van der Waals surface area contributed by atoms with Crippen molar-refractivity contribution in [2.24, 2.45) is 5.73 Å². The molecule has 0 spiro atoms. The number of benzene rings is 2. The Morgan fingerprint density at radius 2 is 1.70 bits per heavy atom. The topological polar surface area (TPSA) is 79.3 Å². The molecule has 0 saturated heterocycles. The van der Waals surface area contributed by atoms with Gasteiger partial charge in [-0.3, -0.25) is 4.79 Å². The lowest BCUT2D eigenvalue weighted by Crippen LogP contribution is -2.40. The number of thioether (sulfide) groups is 2. The molecule has 0 aliphatic carbocycles. The fourth-order valence-corrected chi connectivity index (χ4v) is 4.99. The summed E-state index contributed by atoms with van der Waals surface area (Å²) in [6.45, 7) is 2.38. The van der Waals surface area contributed by atoms with Crippen molar-refractivity contribution in [2.45, 2.75) is 22.6 Å². The highest BCUT2D eigenvalue weighted by molar-refractivity contribution is 7.98. The maximum atomic E-state index is 12.4. The molecule has 0 aromatic heterocycles. The first-order chi connectivity index (χ1) is 15.9. The predicted octanol–water partition coefficient (Wildman–Crippen LogP) is 5.14. The Kier molecular flexibility index (Phi) is 6.87. The molecule has 4 rings (SSSR count). The molecule has 7 heteroatoms. The van der Waals surface area contributed by atoms with Crippen LogP contribution in [0.25, 0.3) is 6.08 Å². The van der Waals surface area contributed by atoms with E-state index in [0.29, 0.717) is 24.4 Å². The van der Waals surface area contributed by atoms with Gasteiger partial charge in [-0.1, -0.05) is 24.3 Å². The minimum atomic E-state index is -0.362. The zero-order chi connectivity index (χ0) is 23.5. The van der Waals surface area contributed by atoms with Gasteiger partial charge in [0.05, 0.1) is 5.92 Å². The Bertz CT molecular complexity index is 1210. The van der Waals surface area contributed by atoms with Gasteiger partial charge in [0, 0.05) is 41.0 Å². The van der Waals surface area contributed by atoms with E-state index < -0.39 is 0 Å². The van der Waals surface area contributed by atoms with Crippen molar-refractivity contribution in [1.82, 2.24) is 4.90 Å². The van der Waals surface area contributed by atoms with Crippen molar-refractivity contribution in [3.63, 3.8) is 0 Å². The number of carbonyl (C=O) groups excluding carboxylic acids is 1. The summed E-state index contributed by atoms with van der Waals surface area (Å²) in [7, 11) is 0. The highest BCUT2D eigenvalue weighted by Gasteiger charge is 2.38. The van der Waals surface area contributed by atoms with Gasteiger partial charge in [-0.25, -0.2) is 0 Å². The van der Waals surface area contributed by atoms with Crippen LogP contribution in [0.5, 0.6) is 0 Å². The van der Waals surface area contributed by atoms with Crippen LogP contribution < -0.4 is 5.73 Å². The van der Waals surface area contributed by atoms with Gasteiger partial charge in [-0.05, 0) is 54.0 Å². The standard InChI is InChI=1S/C26H25N3O2S2/c1-16(30)29-14-19(12-17-4-8-20(32-2)9-5-17)25-23(15-29)24(22(13-27)26(28)31-25)18-6-10-21(33-3)11-7-18/h4-12,24H,14-15,28H2,1-3H3/b19-12+. The van der Waals surface area contributed by atoms with Crippen molar-refractivity contribution < 1.29 is 9.53 Å². The molecule has 2 aromatic carbocycles. The quantitative estimate of drug-likeness (QED) is 0.617. The molecule has 0 fully saturated rings. The summed E-state index contributed by atoms with van der Waals surface area (Å²) in [5.74, 6) is 0.397. The molecule has 5 nitrogen and oxygen atoms in total. The Morgan fingerprint density at radius 1 is 1.09 bits per heavy atom. The monoisotopic (exact) mass is 475 g/mol. The molecule has 2 N–H and O–H groups in total. The smallest absolute Gasteiger partial charge is 0.220 e. The van der Waals surface area contributed by atoms with Gasteiger partial charge in [0.1, 0.15) is 17.4 Å². The average Bonchev–Trinajstić information content (AvgIpc) is 2.84. The number of nitrogens with two attached hydrogens (primary N) is 1. The molecule has 168 valence electrons. The van der Waals surface area contributed by atoms with Gasteiger partial charge in [-0.2, -0.15) is 5.26 Å². The van der Waals surface area contributed by atoms with E-state index in [-0.39, 0.29) is 17.7 Å². The Labute approximate surface area is 203 Å². The first-order valence-electron chi connectivity index (χ1n) is 10.5. The average molecular weight is 476 g/mol. The molecule has 0 radical (unpaired) electrons. The van der Waals surface area contributed by atoms with E-state index in [2.05, 4.69) is 18.2 Å². The Hall–Kier alpha value is -3.08. The number of nitriles is 1. The lowest BCUT2D eigenvalue weighted by molar-refractivity contribution is -0.128. The van der Waals surface area contributed by atoms with E-state index in [4.69, 9.17) is 10.5 Å². The van der Waals surface area contributed by atoms with Crippen molar-refractivity contribution in [3.8, 4) is 6.07 Å². The summed E-state index contributed by atoms with van der Waals surface area (Å²) >= 11 is 3.35. The first-order valence-corrected chi connectivity index (χ1v) is 12.9. The fourth-order valence-electron chi connectivity index (χ4n) is 4.17. The second-order valence-electron chi connectivity index (χ2n) is 7.87. The molecule has 0 bridgehead atoms. The first kappa shape index (κ1) is 23.1. The minimum Gasteiger partial charge on any atom is -0.440 e. The van der Waals surface area contributed by atoms with Gasteiger partial charge in [0.15, 0.2) is 0 Å². The molecule has 2 aliphatic rings. The summed E-state index contributed by atoms with van der Waals surface area (Å²) in [6.07, 6.45) is 6.10. The number of carbonyl (C=O) groups is 1. The van der Waals surface area contributed by atoms with Crippen LogP contribution in [0, 0.1) is 11.3 Å². The van der Waals surface area contributed by atoms with Gasteiger partial charge in [-0.15, -0.1) is 23.5 Å². The third kappa shape index (κ3) is 4.68. The van der Waals surface area contributed by atoms with Crippen molar-refractivity contribution in [2.75, 3.05) is 25.6 Å². The molecule has 33 heavy (non-hydrogen) atoms. The third-order valence-electron chi connectivity index (χ3n) is 5.89. The van der Waals surface area contributed by atoms with E-state index in [1.54, 1.807) is 35.3 Å². The number of nitrogens with zero attached hydrogens (tertiary/aromatic N) is 2. The fraction of sp³-hybridized carbons (Fsp3) is 0.231. The lowest BCUT2D eigenvalue weighted by atomic mass is 9.80. The maximum absolute atomic E-state index is 12.4. The van der Waals surface area contributed by atoms with E-state index >= 15 is 0 Å². The number of rotatable bonds is 4. The van der Waals surface area contributed by atoms with E-state index in [1.165, 1.54) is 4.90 Å². The predicted molar refractivity (Wildman–Crippen MR) is 134 cm³/mol. The molecule has 2 aromatic rings. The second kappa shape index (κ2) is 9.82. The van der Waals surface area contributed by atoms with Gasteiger partial charge < -0.3 is 15.4 Å². The number of hydrogen-bond donors (Lipinski definition) is 1. The molecule has 1 amide bonds. The summed E-state index contributed by atoms with van der Waals surface area (Å²) in [6, 6.07) is 18.6. The van der Waals surface area contributed by atoms with Crippen LogP contribution in [0.4, 0.5) is 0 Å². The highest BCUT2D eigenvalue weighted by atomic mass is 32.2. The minimum absolute atomic E-state index is 0.0253. The van der Waals surface area contributed by atoms with Crippen LogP contribution in [0.1, 0.15) is 24.0 Å². The van der Waals surface area contributed by atoms with Crippen molar-refractivity contribution >= 4 is 35.5 Å². The zero-order valence-electron chi connectivity index (χ0n) is 18.8. The largest absolute Gasteiger partial charge is 0.440 e. The summed E-state index contributed by atoms with van der Waals surface area (Å²) in [4.78, 5) is 16.5. The van der Waals surface area contributed by atoms with Gasteiger partial charge in [0.2, 0.25) is 11.8 Å². The number of ether oxygens (including phenoxy) is 1. The van der Waals surface area contributed by atoms with E-state index in [9.17, 15) is 10.1 Å². The van der Waals surface area contributed by atoms with E-state index in [1.807, 2.05) is 55.0 Å². The molecule has 2 heterocycles. The number of amides is 1. The third-order valence-corrected chi connectivity index (χ3v) is 7.38. The molecular weight excluding hydrogens is 450 g/mol. The molecule has 0 saturated carbocycles. The van der Waals surface area contributed by atoms with Crippen LogP contribution in [-0.2, 0) is 9.53 Å². The van der Waals surface area contributed by atoms with Crippen LogP contribution in [0.15, 0.2) is 86.7 Å². The molecule has 1 atom stereocenters. The van der Waals surface area contributed by atoms with Gasteiger partial charge >= 0.3 is 0 Å². The van der Waals surface area contributed by atoms with Crippen LogP contribution in [0.3, 0.4) is 0 Å². The molecular formula is C26H25N3O2S2. The van der Waals surface area contributed by atoms with Gasteiger partial charge in [0.25, 0.3) is 0 Å².